The lowest BCUT2D eigenvalue weighted by Crippen LogP contribution is -2.25. The Balaban J connectivity index is 0.000000880. The molecule has 1 aromatic carbocycles. The molecule has 0 radical (unpaired) electrons. The molecule has 25 heavy (non-hydrogen) atoms. The number of anilines is 3. The summed E-state index contributed by atoms with van der Waals surface area (Å²) in [7, 11) is 1.92. The number of ether oxygens (including phenoxy) is 1. The van der Waals surface area contributed by atoms with Crippen LogP contribution in [0.1, 0.15) is 13.8 Å². The van der Waals surface area contributed by atoms with Gasteiger partial charge in [0.15, 0.2) is 6.61 Å². The van der Waals surface area contributed by atoms with Gasteiger partial charge in [0.05, 0.1) is 34.4 Å². The van der Waals surface area contributed by atoms with Crippen molar-refractivity contribution in [2.45, 2.75) is 13.8 Å². The zero-order valence-electron chi connectivity index (χ0n) is 14.1. The van der Waals surface area contributed by atoms with Crippen molar-refractivity contribution in [2.75, 3.05) is 17.2 Å². The minimum absolute atomic E-state index is 0.00665. The first-order valence-corrected chi connectivity index (χ1v) is 8.28. The highest BCUT2D eigenvalue weighted by molar-refractivity contribution is 6.34. The zero-order valence-corrected chi connectivity index (χ0v) is 14.9. The molecule has 1 aliphatic heterocycles. The predicted molar refractivity (Wildman–Crippen MR) is 98.7 cm³/mol. The van der Waals surface area contributed by atoms with Crippen LogP contribution in [0, 0.1) is 0 Å². The van der Waals surface area contributed by atoms with E-state index in [9.17, 15) is 4.79 Å². The molecule has 1 aliphatic rings. The molecule has 0 fully saturated rings. The summed E-state index contributed by atoms with van der Waals surface area (Å²) in [4.78, 5) is 19.9. The van der Waals surface area contributed by atoms with E-state index in [-0.39, 0.29) is 12.5 Å². The maximum Gasteiger partial charge on any atom is 0.262 e. The second kappa shape index (κ2) is 6.98. The summed E-state index contributed by atoms with van der Waals surface area (Å²) in [5.74, 6) is 1.01. The number of carbonyl (C=O) groups is 1. The molecule has 2 N–H and O–H groups in total. The van der Waals surface area contributed by atoms with Crippen LogP contribution in [0.4, 0.5) is 17.2 Å². The first kappa shape index (κ1) is 17.0. The molecule has 3 heterocycles. The van der Waals surface area contributed by atoms with Crippen molar-refractivity contribution >= 4 is 45.7 Å². The number of halogens is 1. The van der Waals surface area contributed by atoms with E-state index in [0.717, 1.165) is 11.0 Å². The number of rotatable bonds is 2. The number of fused-ring (bicyclic) bond motifs is 2. The van der Waals surface area contributed by atoms with Crippen LogP contribution < -0.4 is 15.4 Å². The predicted octanol–water partition coefficient (Wildman–Crippen LogP) is 3.72. The molecule has 2 aromatic heterocycles. The summed E-state index contributed by atoms with van der Waals surface area (Å²) in [5.41, 5.74) is 2.99. The first-order chi connectivity index (χ1) is 12.1. The number of amides is 1. The largest absolute Gasteiger partial charge is 0.482 e. The van der Waals surface area contributed by atoms with Gasteiger partial charge >= 0.3 is 0 Å². The molecule has 0 saturated heterocycles. The molecule has 0 aliphatic carbocycles. The summed E-state index contributed by atoms with van der Waals surface area (Å²) in [6.45, 7) is 3.99. The Bertz CT molecular complexity index is 938. The number of aryl methyl sites for hydroxylation is 1. The average molecular weight is 360 g/mol. The van der Waals surface area contributed by atoms with E-state index >= 15 is 0 Å². The zero-order chi connectivity index (χ0) is 18.0. The molecule has 3 aromatic rings. The second-order valence-corrected chi connectivity index (χ2v) is 5.61. The minimum Gasteiger partial charge on any atom is -0.482 e. The van der Waals surface area contributed by atoms with Gasteiger partial charge in [0, 0.05) is 19.2 Å². The third kappa shape index (κ3) is 3.36. The second-order valence-electron chi connectivity index (χ2n) is 5.20. The van der Waals surface area contributed by atoms with Gasteiger partial charge in [-0.05, 0) is 6.07 Å². The smallest absolute Gasteiger partial charge is 0.262 e. The Morgan fingerprint density at radius 1 is 1.28 bits per heavy atom. The SMILES string of the molecule is CC.Cn1cnc2cnc(Nc3cc4c(cc3Cl)NC(=O)CO4)cc21. The van der Waals surface area contributed by atoms with E-state index in [1.165, 1.54) is 0 Å². The summed E-state index contributed by atoms with van der Waals surface area (Å²) >= 11 is 6.27. The molecule has 1 amide bonds. The Morgan fingerprint density at radius 3 is 2.88 bits per heavy atom. The number of benzene rings is 1. The van der Waals surface area contributed by atoms with Crippen molar-refractivity contribution in [1.82, 2.24) is 14.5 Å². The summed E-state index contributed by atoms with van der Waals surface area (Å²) in [5, 5.41) is 6.34. The molecule has 7 nitrogen and oxygen atoms in total. The minimum atomic E-state index is -0.197. The number of nitrogens with zero attached hydrogens (tertiary/aromatic N) is 3. The fourth-order valence-electron chi connectivity index (χ4n) is 2.43. The van der Waals surface area contributed by atoms with Crippen LogP contribution in [-0.4, -0.2) is 27.0 Å². The van der Waals surface area contributed by atoms with Crippen LogP contribution in [0.15, 0.2) is 30.7 Å². The number of pyridine rings is 1. The Morgan fingerprint density at radius 2 is 2.08 bits per heavy atom. The van der Waals surface area contributed by atoms with E-state index < -0.39 is 0 Å². The van der Waals surface area contributed by atoms with Crippen LogP contribution in [-0.2, 0) is 11.8 Å². The monoisotopic (exact) mass is 359 g/mol. The number of hydrogen-bond donors (Lipinski definition) is 2. The average Bonchev–Trinajstić information content (AvgIpc) is 2.98. The first-order valence-electron chi connectivity index (χ1n) is 7.90. The topological polar surface area (TPSA) is 81.1 Å². The highest BCUT2D eigenvalue weighted by atomic mass is 35.5. The lowest BCUT2D eigenvalue weighted by Gasteiger charge is -2.19. The highest BCUT2D eigenvalue weighted by Crippen LogP contribution is 2.37. The number of aromatic nitrogens is 3. The fourth-order valence-corrected chi connectivity index (χ4v) is 2.64. The molecule has 0 bridgehead atoms. The molecule has 0 spiro atoms. The van der Waals surface area contributed by atoms with Crippen LogP contribution in [0.5, 0.6) is 5.75 Å². The van der Waals surface area contributed by atoms with Gasteiger partial charge in [-0.1, -0.05) is 25.4 Å². The fraction of sp³-hybridized carbons (Fsp3) is 0.235. The van der Waals surface area contributed by atoms with E-state index in [0.29, 0.717) is 28.0 Å². The molecule has 8 heteroatoms. The van der Waals surface area contributed by atoms with Crippen molar-refractivity contribution in [3.05, 3.63) is 35.7 Å². The van der Waals surface area contributed by atoms with Gasteiger partial charge in [0.2, 0.25) is 0 Å². The van der Waals surface area contributed by atoms with E-state index in [2.05, 4.69) is 20.6 Å². The lowest BCUT2D eigenvalue weighted by atomic mass is 10.2. The van der Waals surface area contributed by atoms with Gasteiger partial charge in [0.1, 0.15) is 17.1 Å². The molecular formula is C17H18ClN5O2. The van der Waals surface area contributed by atoms with Crippen molar-refractivity contribution in [3.63, 3.8) is 0 Å². The van der Waals surface area contributed by atoms with Crippen LogP contribution >= 0.6 is 11.6 Å². The standard InChI is InChI=1S/C15H12ClN5O2.C2H6/c1-21-7-18-11-5-17-14(4-12(11)21)19-9-3-13-10(2-8(9)16)20-15(22)6-23-13;1-2/h2-5,7H,6H2,1H3,(H,17,19)(H,20,22);1-2H3. The normalized spacial score (nSPS) is 12.6. The Hall–Kier alpha value is -2.80. The van der Waals surface area contributed by atoms with Crippen molar-refractivity contribution in [1.29, 1.82) is 0 Å². The van der Waals surface area contributed by atoms with Crippen molar-refractivity contribution < 1.29 is 9.53 Å². The third-order valence-electron chi connectivity index (χ3n) is 3.58. The number of carbonyl (C=O) groups excluding carboxylic acids is 1. The van der Waals surface area contributed by atoms with E-state index in [1.807, 2.05) is 31.5 Å². The number of hydrogen-bond acceptors (Lipinski definition) is 5. The number of nitrogens with one attached hydrogen (secondary N) is 2. The van der Waals surface area contributed by atoms with Gasteiger partial charge < -0.3 is 19.9 Å². The Kier molecular flexibility index (Phi) is 4.76. The van der Waals surface area contributed by atoms with Gasteiger partial charge in [-0.25, -0.2) is 9.97 Å². The van der Waals surface area contributed by atoms with Crippen LogP contribution in [0.25, 0.3) is 11.0 Å². The maximum atomic E-state index is 11.3. The Labute approximate surface area is 150 Å². The maximum absolute atomic E-state index is 11.3. The van der Waals surface area contributed by atoms with Crippen LogP contribution in [0.2, 0.25) is 5.02 Å². The van der Waals surface area contributed by atoms with Gasteiger partial charge in [0.25, 0.3) is 5.91 Å². The molecule has 0 atom stereocenters. The lowest BCUT2D eigenvalue weighted by molar-refractivity contribution is -0.118. The molecule has 4 rings (SSSR count). The third-order valence-corrected chi connectivity index (χ3v) is 3.89. The highest BCUT2D eigenvalue weighted by Gasteiger charge is 2.18. The molecule has 0 saturated carbocycles. The summed E-state index contributed by atoms with van der Waals surface area (Å²) in [6, 6.07) is 5.28. The molecule has 0 unspecified atom stereocenters. The molecular weight excluding hydrogens is 342 g/mol. The summed E-state index contributed by atoms with van der Waals surface area (Å²) in [6.07, 6.45) is 3.43. The van der Waals surface area contributed by atoms with Crippen molar-refractivity contribution in [2.24, 2.45) is 7.05 Å². The van der Waals surface area contributed by atoms with E-state index in [4.69, 9.17) is 16.3 Å². The van der Waals surface area contributed by atoms with Gasteiger partial charge in [-0.15, -0.1) is 0 Å². The quantitative estimate of drug-likeness (QED) is 0.728. The molecule has 130 valence electrons. The van der Waals surface area contributed by atoms with Gasteiger partial charge in [-0.2, -0.15) is 0 Å². The summed E-state index contributed by atoms with van der Waals surface area (Å²) < 4.78 is 7.31. The number of imidazole rings is 1. The van der Waals surface area contributed by atoms with Gasteiger partial charge in [-0.3, -0.25) is 4.79 Å². The van der Waals surface area contributed by atoms with Crippen LogP contribution in [0.3, 0.4) is 0 Å². The van der Waals surface area contributed by atoms with E-state index in [1.54, 1.807) is 24.7 Å². The van der Waals surface area contributed by atoms with Crippen molar-refractivity contribution in [3.8, 4) is 5.75 Å².